The molecule has 0 unspecified atom stereocenters. The lowest BCUT2D eigenvalue weighted by Crippen LogP contribution is -2.46. The number of rotatable bonds is 6. The lowest BCUT2D eigenvalue weighted by Gasteiger charge is -2.32. The van der Waals surface area contributed by atoms with Gasteiger partial charge in [-0.25, -0.2) is 0 Å². The summed E-state index contributed by atoms with van der Waals surface area (Å²) in [6.45, 7) is 1.31. The minimum Gasteiger partial charge on any atom is -0.349 e. The van der Waals surface area contributed by atoms with Crippen LogP contribution in [-0.2, 0) is 11.2 Å². The zero-order chi connectivity index (χ0) is 20.2. The van der Waals surface area contributed by atoms with Gasteiger partial charge in [0.05, 0.1) is 0 Å². The lowest BCUT2D eigenvalue weighted by molar-refractivity contribution is -0.132. The molecule has 29 heavy (non-hydrogen) atoms. The highest BCUT2D eigenvalue weighted by atomic mass is 16.2. The fourth-order valence-corrected chi connectivity index (χ4v) is 3.91. The van der Waals surface area contributed by atoms with Gasteiger partial charge in [0.1, 0.15) is 0 Å². The van der Waals surface area contributed by atoms with E-state index in [2.05, 4.69) is 10.3 Å². The third-order valence-corrected chi connectivity index (χ3v) is 5.80. The molecule has 2 aromatic rings. The predicted octanol–water partition coefficient (Wildman–Crippen LogP) is 2.61. The van der Waals surface area contributed by atoms with Crippen molar-refractivity contribution in [2.45, 2.75) is 50.5 Å². The van der Waals surface area contributed by atoms with E-state index in [4.69, 9.17) is 0 Å². The number of amides is 2. The SMILES string of the molecule is O=C(NC1CCN(C(=O)CCc2ccccc2)CC1)c1cc(C2CC2)[nH]c(=O)c1. The van der Waals surface area contributed by atoms with Crippen molar-refractivity contribution in [3.63, 3.8) is 0 Å². The number of nitrogens with zero attached hydrogens (tertiary/aromatic N) is 1. The molecule has 2 fully saturated rings. The zero-order valence-corrected chi connectivity index (χ0v) is 16.5. The number of hydrogen-bond donors (Lipinski definition) is 2. The van der Waals surface area contributed by atoms with Crippen LogP contribution in [0.15, 0.2) is 47.3 Å². The van der Waals surface area contributed by atoms with Crippen LogP contribution >= 0.6 is 0 Å². The molecule has 2 aliphatic rings. The average Bonchev–Trinajstić information content (AvgIpc) is 3.58. The topological polar surface area (TPSA) is 82.3 Å². The normalized spacial score (nSPS) is 17.2. The van der Waals surface area contributed by atoms with Crippen LogP contribution in [0.2, 0.25) is 0 Å². The highest BCUT2D eigenvalue weighted by Gasteiger charge is 2.27. The molecular formula is C23H27N3O3. The van der Waals surface area contributed by atoms with E-state index in [0.29, 0.717) is 31.0 Å². The Morgan fingerprint density at radius 1 is 1.03 bits per heavy atom. The van der Waals surface area contributed by atoms with Crippen LogP contribution in [0.4, 0.5) is 0 Å². The van der Waals surface area contributed by atoms with Crippen molar-refractivity contribution < 1.29 is 9.59 Å². The van der Waals surface area contributed by atoms with Gasteiger partial charge in [0.15, 0.2) is 0 Å². The molecule has 1 saturated carbocycles. The molecule has 1 saturated heterocycles. The van der Waals surface area contributed by atoms with E-state index in [1.165, 1.54) is 11.6 Å². The summed E-state index contributed by atoms with van der Waals surface area (Å²) < 4.78 is 0. The highest BCUT2D eigenvalue weighted by molar-refractivity contribution is 5.94. The Morgan fingerprint density at radius 2 is 1.76 bits per heavy atom. The Hall–Kier alpha value is -2.89. The summed E-state index contributed by atoms with van der Waals surface area (Å²) >= 11 is 0. The second-order valence-electron chi connectivity index (χ2n) is 8.08. The number of aromatic nitrogens is 1. The van der Waals surface area contributed by atoms with Gasteiger partial charge in [-0.1, -0.05) is 30.3 Å². The first kappa shape index (κ1) is 19.4. The van der Waals surface area contributed by atoms with Gasteiger partial charge < -0.3 is 15.2 Å². The molecule has 152 valence electrons. The number of H-pyrrole nitrogens is 1. The molecule has 4 rings (SSSR count). The smallest absolute Gasteiger partial charge is 0.251 e. The van der Waals surface area contributed by atoms with Crippen molar-refractivity contribution in [2.24, 2.45) is 0 Å². The number of likely N-dealkylation sites (tertiary alicyclic amines) is 1. The Kier molecular flexibility index (Phi) is 5.79. The van der Waals surface area contributed by atoms with Crippen LogP contribution in [0.1, 0.15) is 59.6 Å². The van der Waals surface area contributed by atoms with Crippen LogP contribution in [-0.4, -0.2) is 40.8 Å². The third-order valence-electron chi connectivity index (χ3n) is 5.80. The molecule has 0 spiro atoms. The van der Waals surface area contributed by atoms with Crippen molar-refractivity contribution in [1.29, 1.82) is 0 Å². The zero-order valence-electron chi connectivity index (χ0n) is 16.5. The Balaban J connectivity index is 1.26. The summed E-state index contributed by atoms with van der Waals surface area (Å²) in [5.41, 5.74) is 2.24. The number of nitrogens with one attached hydrogen (secondary N) is 2. The second kappa shape index (κ2) is 8.64. The number of benzene rings is 1. The number of aromatic amines is 1. The molecule has 0 atom stereocenters. The van der Waals surface area contributed by atoms with E-state index in [1.807, 2.05) is 35.2 Å². The Morgan fingerprint density at radius 3 is 2.45 bits per heavy atom. The van der Waals surface area contributed by atoms with Gasteiger partial charge in [0, 0.05) is 42.9 Å². The summed E-state index contributed by atoms with van der Waals surface area (Å²) in [4.78, 5) is 41.6. The summed E-state index contributed by atoms with van der Waals surface area (Å²) in [6, 6.07) is 13.2. The van der Waals surface area contributed by atoms with Crippen LogP contribution in [0.3, 0.4) is 0 Å². The van der Waals surface area contributed by atoms with Crippen molar-refractivity contribution in [1.82, 2.24) is 15.2 Å². The number of hydrogen-bond acceptors (Lipinski definition) is 3. The minimum absolute atomic E-state index is 0.0318. The molecule has 2 amide bonds. The van der Waals surface area contributed by atoms with Crippen molar-refractivity contribution in [3.05, 3.63) is 69.6 Å². The minimum atomic E-state index is -0.224. The van der Waals surface area contributed by atoms with Crippen LogP contribution in [0.5, 0.6) is 0 Å². The summed E-state index contributed by atoms with van der Waals surface area (Å²) in [6.07, 6.45) is 4.87. The molecule has 2 heterocycles. The molecule has 1 aliphatic carbocycles. The number of pyridine rings is 1. The fraction of sp³-hybridized carbons (Fsp3) is 0.435. The molecule has 6 heteroatoms. The maximum atomic E-state index is 12.6. The summed E-state index contributed by atoms with van der Waals surface area (Å²) in [5.74, 6) is 0.356. The molecule has 6 nitrogen and oxygen atoms in total. The van der Waals surface area contributed by atoms with E-state index in [0.717, 1.165) is 37.8 Å². The van der Waals surface area contributed by atoms with Crippen molar-refractivity contribution >= 4 is 11.8 Å². The Labute approximate surface area is 170 Å². The maximum absolute atomic E-state index is 12.6. The van der Waals surface area contributed by atoms with Crippen LogP contribution < -0.4 is 10.9 Å². The van der Waals surface area contributed by atoms with Gasteiger partial charge in [-0.2, -0.15) is 0 Å². The van der Waals surface area contributed by atoms with E-state index in [9.17, 15) is 14.4 Å². The monoisotopic (exact) mass is 393 g/mol. The van der Waals surface area contributed by atoms with Gasteiger partial charge in [-0.3, -0.25) is 14.4 Å². The first-order valence-corrected chi connectivity index (χ1v) is 10.5. The van der Waals surface area contributed by atoms with Gasteiger partial charge in [-0.15, -0.1) is 0 Å². The second-order valence-corrected chi connectivity index (χ2v) is 8.08. The van der Waals surface area contributed by atoms with Crippen molar-refractivity contribution in [3.8, 4) is 0 Å². The Bertz CT molecular complexity index is 926. The standard InChI is InChI=1S/C23H27N3O3/c27-21-15-18(14-20(25-21)17-7-8-17)23(29)24-19-10-12-26(13-11-19)22(28)9-6-16-4-2-1-3-5-16/h1-5,14-15,17,19H,6-13H2,(H,24,29)(H,25,27). The number of aryl methyl sites for hydroxylation is 1. The largest absolute Gasteiger partial charge is 0.349 e. The quantitative estimate of drug-likeness (QED) is 0.791. The highest BCUT2D eigenvalue weighted by Crippen LogP contribution is 2.38. The number of piperidine rings is 1. The van der Waals surface area contributed by atoms with Gasteiger partial charge >= 0.3 is 0 Å². The van der Waals surface area contributed by atoms with Gasteiger partial charge in [0.25, 0.3) is 5.91 Å². The third kappa shape index (κ3) is 5.13. The fourth-order valence-electron chi connectivity index (χ4n) is 3.91. The first-order chi connectivity index (χ1) is 14.1. The average molecular weight is 393 g/mol. The number of carbonyl (C=O) groups excluding carboxylic acids is 2. The predicted molar refractivity (Wildman–Crippen MR) is 111 cm³/mol. The van der Waals surface area contributed by atoms with E-state index >= 15 is 0 Å². The van der Waals surface area contributed by atoms with Crippen LogP contribution in [0, 0.1) is 0 Å². The van der Waals surface area contributed by atoms with Gasteiger partial charge in [0.2, 0.25) is 11.5 Å². The molecule has 2 N–H and O–H groups in total. The van der Waals surface area contributed by atoms with E-state index < -0.39 is 0 Å². The summed E-state index contributed by atoms with van der Waals surface area (Å²) in [7, 11) is 0. The lowest BCUT2D eigenvalue weighted by atomic mass is 10.0. The number of carbonyl (C=O) groups is 2. The molecule has 1 aliphatic heterocycles. The molecule has 1 aromatic heterocycles. The van der Waals surface area contributed by atoms with E-state index in [-0.39, 0.29) is 23.4 Å². The molecule has 0 bridgehead atoms. The molecular weight excluding hydrogens is 366 g/mol. The molecule has 1 aromatic carbocycles. The first-order valence-electron chi connectivity index (χ1n) is 10.5. The maximum Gasteiger partial charge on any atom is 0.251 e. The summed E-state index contributed by atoms with van der Waals surface area (Å²) in [5, 5.41) is 3.04. The van der Waals surface area contributed by atoms with Crippen LogP contribution in [0.25, 0.3) is 0 Å². The van der Waals surface area contributed by atoms with Gasteiger partial charge in [-0.05, 0) is 49.7 Å². The van der Waals surface area contributed by atoms with E-state index in [1.54, 1.807) is 6.07 Å². The molecule has 0 radical (unpaired) electrons. The van der Waals surface area contributed by atoms with Crippen molar-refractivity contribution in [2.75, 3.05) is 13.1 Å².